The Morgan fingerprint density at radius 2 is 1.51 bits per heavy atom. The van der Waals surface area contributed by atoms with E-state index in [2.05, 4.69) is 96.1 Å². The molecule has 3 aromatic rings. The number of carbonyl (C=O) groups is 2. The van der Waals surface area contributed by atoms with Crippen molar-refractivity contribution in [2.75, 3.05) is 13.7 Å². The molecule has 8 rings (SSSR count). The van der Waals surface area contributed by atoms with Crippen molar-refractivity contribution in [2.45, 2.75) is 77.9 Å². The molecule has 266 valence electrons. The molecule has 2 spiro atoms. The Kier molecular flexibility index (Phi) is 7.90. The normalized spacial score (nSPS) is 33.6. The van der Waals surface area contributed by atoms with Crippen LogP contribution in [0, 0.1) is 34.5 Å². The van der Waals surface area contributed by atoms with Crippen molar-refractivity contribution in [3.8, 4) is 5.75 Å². The zero-order chi connectivity index (χ0) is 36.1. The minimum Gasteiger partial charge on any atom is -0.497 e. The zero-order valence-corrected chi connectivity index (χ0v) is 32.1. The smallest absolute Gasteiger partial charge is 0.261 e. The molecule has 3 aromatic carbocycles. The molecule has 8 atom stereocenters. The van der Waals surface area contributed by atoms with Crippen LogP contribution >= 0.6 is 0 Å². The Bertz CT molecular complexity index is 1890. The monoisotopic (exact) mass is 702 g/mol. The van der Waals surface area contributed by atoms with Gasteiger partial charge in [-0.1, -0.05) is 126 Å². The average Bonchev–Trinajstić information content (AvgIpc) is 3.38. The quantitative estimate of drug-likeness (QED) is 0.189. The van der Waals surface area contributed by atoms with Crippen LogP contribution in [0.25, 0.3) is 0 Å². The molecule has 0 amide bonds. The number of ether oxygens (including phenoxy) is 3. The first kappa shape index (κ1) is 34.5. The standard InChI is InChI=1S/C44H50O6Si/c1-27-25-43-28(2)23-35-36(42(35,6)7)34(38(43)46)24-30(39-44(43,37(27)45)50-40(49-39)29-19-21-31(47-8)22-20-29)26-48-51(41(3,4)5,32-15-11-9-12-16-32)33-17-13-10-14-18-33/h9-22,24-25,28,34-36,39-40H,23,26H2,1-8H3/t28-,34+,35-,36+,39-,40-,43-,44-/m1/s1. The van der Waals surface area contributed by atoms with Crippen LogP contribution in [-0.2, 0) is 23.5 Å². The second-order valence-electron chi connectivity index (χ2n) is 17.2. The third kappa shape index (κ3) is 4.63. The fourth-order valence-electron chi connectivity index (χ4n) is 10.8. The van der Waals surface area contributed by atoms with E-state index < -0.39 is 31.7 Å². The van der Waals surface area contributed by atoms with Crippen molar-refractivity contribution in [1.29, 1.82) is 0 Å². The molecule has 7 heteroatoms. The summed E-state index contributed by atoms with van der Waals surface area (Å²) in [6, 6.07) is 28.7. The summed E-state index contributed by atoms with van der Waals surface area (Å²) in [4.78, 5) is 30.4. The lowest BCUT2D eigenvalue weighted by Gasteiger charge is -2.46. The van der Waals surface area contributed by atoms with Gasteiger partial charge in [0.05, 0.1) is 19.1 Å². The summed E-state index contributed by atoms with van der Waals surface area (Å²) in [6.07, 6.45) is 3.30. The number of hydrogen-bond donors (Lipinski definition) is 0. The molecule has 3 fully saturated rings. The van der Waals surface area contributed by atoms with Gasteiger partial charge in [-0.2, -0.15) is 0 Å². The predicted octanol–water partition coefficient (Wildman–Crippen LogP) is 7.38. The lowest BCUT2D eigenvalue weighted by atomic mass is 9.59. The number of ketones is 2. The molecule has 1 aliphatic heterocycles. The maximum Gasteiger partial charge on any atom is 0.261 e. The number of benzene rings is 3. The largest absolute Gasteiger partial charge is 0.497 e. The lowest BCUT2D eigenvalue weighted by Crippen LogP contribution is -2.67. The van der Waals surface area contributed by atoms with Gasteiger partial charge in [0.15, 0.2) is 23.5 Å². The Balaban J connectivity index is 1.32. The molecule has 6 nitrogen and oxygen atoms in total. The first-order valence-electron chi connectivity index (χ1n) is 18.5. The van der Waals surface area contributed by atoms with E-state index in [-0.39, 0.29) is 46.4 Å². The molecule has 0 aromatic heterocycles. The number of carbonyl (C=O) groups excluding carboxylic acids is 2. The van der Waals surface area contributed by atoms with Gasteiger partial charge >= 0.3 is 0 Å². The molecular formula is C44H50O6Si. The summed E-state index contributed by atoms with van der Waals surface area (Å²) in [5.74, 6) is 0.680. The molecule has 51 heavy (non-hydrogen) atoms. The van der Waals surface area contributed by atoms with Gasteiger partial charge in [-0.3, -0.25) is 9.59 Å². The van der Waals surface area contributed by atoms with Gasteiger partial charge in [-0.05, 0) is 75.2 Å². The molecule has 0 unspecified atom stereocenters. The van der Waals surface area contributed by atoms with Crippen LogP contribution in [0.5, 0.6) is 5.75 Å². The number of rotatable bonds is 7. The van der Waals surface area contributed by atoms with Gasteiger partial charge in [-0.25, -0.2) is 0 Å². The predicted molar refractivity (Wildman–Crippen MR) is 200 cm³/mol. The molecule has 5 aliphatic rings. The van der Waals surface area contributed by atoms with Crippen LogP contribution in [0.1, 0.15) is 66.7 Å². The number of allylic oxidation sites excluding steroid dienone is 1. The average molecular weight is 703 g/mol. The number of Topliss-reactive ketones (excluding diaryl/α,β-unsaturated/α-hetero) is 2. The highest BCUT2D eigenvalue weighted by molar-refractivity contribution is 6.99. The summed E-state index contributed by atoms with van der Waals surface area (Å²) < 4.78 is 27.2. The van der Waals surface area contributed by atoms with E-state index in [0.717, 1.165) is 17.6 Å². The Morgan fingerprint density at radius 1 is 0.902 bits per heavy atom. The van der Waals surface area contributed by atoms with E-state index in [4.69, 9.17) is 18.6 Å². The van der Waals surface area contributed by atoms with E-state index >= 15 is 4.79 Å². The second-order valence-corrected chi connectivity index (χ2v) is 21.5. The summed E-state index contributed by atoms with van der Waals surface area (Å²) in [5.41, 5.74) is -0.531. The fraction of sp³-hybridized carbons (Fsp3) is 0.455. The third-order valence-corrected chi connectivity index (χ3v) is 18.3. The molecule has 1 heterocycles. The van der Waals surface area contributed by atoms with Crippen LogP contribution < -0.4 is 15.1 Å². The van der Waals surface area contributed by atoms with E-state index in [0.29, 0.717) is 17.2 Å². The Hall–Kier alpha value is -3.62. The SMILES string of the molecule is COc1ccc([C@@H]2O[C@@H]3C(CO[Si](c4ccccc4)(c4ccccc4)C(C)(C)C)=C[C@@H]4C(=O)[C@@]5(C=C(C)C(=O)[C@@]35O2)[C@H](C)C[C@@H]2[C@H]4C2(C)C)cc1. The van der Waals surface area contributed by atoms with Crippen LogP contribution in [0.4, 0.5) is 0 Å². The number of hydrogen-bond acceptors (Lipinski definition) is 6. The van der Waals surface area contributed by atoms with E-state index in [1.807, 2.05) is 49.4 Å². The summed E-state index contributed by atoms with van der Waals surface area (Å²) in [7, 11) is -1.36. The van der Waals surface area contributed by atoms with Crippen molar-refractivity contribution in [1.82, 2.24) is 0 Å². The molecular weight excluding hydrogens is 653 g/mol. The van der Waals surface area contributed by atoms with E-state index in [1.54, 1.807) is 7.11 Å². The van der Waals surface area contributed by atoms with Crippen molar-refractivity contribution in [2.24, 2.45) is 34.5 Å². The zero-order valence-electron chi connectivity index (χ0n) is 31.1. The lowest BCUT2D eigenvalue weighted by molar-refractivity contribution is -0.171. The Labute approximate surface area is 303 Å². The summed E-state index contributed by atoms with van der Waals surface area (Å²) in [6.45, 7) is 15.6. The van der Waals surface area contributed by atoms with Gasteiger partial charge in [0.25, 0.3) is 8.32 Å². The van der Waals surface area contributed by atoms with Crippen LogP contribution in [0.2, 0.25) is 5.04 Å². The van der Waals surface area contributed by atoms with Crippen molar-refractivity contribution < 1.29 is 28.2 Å². The fourth-order valence-corrected chi connectivity index (χ4v) is 15.3. The molecule has 0 N–H and O–H groups in total. The van der Waals surface area contributed by atoms with E-state index in [1.165, 1.54) is 10.4 Å². The molecule has 2 bridgehead atoms. The second kappa shape index (κ2) is 11.7. The van der Waals surface area contributed by atoms with Crippen LogP contribution in [0.3, 0.4) is 0 Å². The van der Waals surface area contributed by atoms with Crippen molar-refractivity contribution in [3.63, 3.8) is 0 Å². The van der Waals surface area contributed by atoms with Gasteiger partial charge in [-0.15, -0.1) is 0 Å². The maximum absolute atomic E-state index is 15.5. The van der Waals surface area contributed by atoms with Crippen molar-refractivity contribution >= 4 is 30.3 Å². The first-order chi connectivity index (χ1) is 24.2. The molecule has 1 saturated heterocycles. The minimum absolute atomic E-state index is 0.0119. The topological polar surface area (TPSA) is 71.1 Å². The van der Waals surface area contributed by atoms with Gasteiger partial charge in [0.1, 0.15) is 11.9 Å². The first-order valence-corrected chi connectivity index (χ1v) is 20.4. The summed E-state index contributed by atoms with van der Waals surface area (Å²) >= 11 is 0. The van der Waals surface area contributed by atoms with Crippen molar-refractivity contribution in [3.05, 3.63) is 114 Å². The number of methoxy groups -OCH3 is 1. The molecule has 2 saturated carbocycles. The highest BCUT2D eigenvalue weighted by atomic mass is 28.4. The summed E-state index contributed by atoms with van der Waals surface area (Å²) in [5, 5.41) is 2.07. The van der Waals surface area contributed by atoms with E-state index in [9.17, 15) is 4.79 Å². The highest BCUT2D eigenvalue weighted by Crippen LogP contribution is 2.73. The van der Waals surface area contributed by atoms with Gasteiger partial charge in [0.2, 0.25) is 0 Å². The molecule has 4 aliphatic carbocycles. The molecule has 0 radical (unpaired) electrons. The third-order valence-electron chi connectivity index (χ3n) is 13.3. The highest BCUT2D eigenvalue weighted by Gasteiger charge is 2.79. The van der Waals surface area contributed by atoms with Gasteiger partial charge < -0.3 is 18.6 Å². The van der Waals surface area contributed by atoms with Crippen LogP contribution in [-0.4, -0.2) is 45.3 Å². The minimum atomic E-state index is -3.00. The van der Waals surface area contributed by atoms with Gasteiger partial charge in [0, 0.05) is 11.5 Å². The van der Waals surface area contributed by atoms with Crippen LogP contribution in [0.15, 0.2) is 108 Å². The maximum atomic E-state index is 15.5. The Morgan fingerprint density at radius 3 is 2.08 bits per heavy atom. The number of fused-ring (bicyclic) bond motifs is 3.